The highest BCUT2D eigenvalue weighted by Crippen LogP contribution is 2.27. The van der Waals surface area contributed by atoms with Gasteiger partial charge in [0.25, 0.3) is 0 Å². The van der Waals surface area contributed by atoms with Gasteiger partial charge in [-0.15, -0.1) is 0 Å². The van der Waals surface area contributed by atoms with E-state index in [-0.39, 0.29) is 5.41 Å². The molecule has 0 fully saturated rings. The molecule has 4 nitrogen and oxygen atoms in total. The molecule has 0 bridgehead atoms. The fourth-order valence-electron chi connectivity index (χ4n) is 3.01. The highest BCUT2D eigenvalue weighted by atomic mass is 16.5. The van der Waals surface area contributed by atoms with Crippen LogP contribution in [0.25, 0.3) is 10.9 Å². The lowest BCUT2D eigenvalue weighted by atomic mass is 9.87. The van der Waals surface area contributed by atoms with E-state index in [2.05, 4.69) is 45.0 Å². The first-order chi connectivity index (χ1) is 11.8. The molecule has 0 radical (unpaired) electrons. The predicted octanol–water partition coefficient (Wildman–Crippen LogP) is 4.69. The summed E-state index contributed by atoms with van der Waals surface area (Å²) >= 11 is 0. The van der Waals surface area contributed by atoms with Crippen LogP contribution < -0.4 is 4.74 Å². The molecule has 0 spiro atoms. The van der Waals surface area contributed by atoms with Crippen LogP contribution in [0.2, 0.25) is 0 Å². The molecule has 3 rings (SSSR count). The molecule has 0 unspecified atom stereocenters. The van der Waals surface area contributed by atoms with E-state index in [0.29, 0.717) is 17.9 Å². The normalized spacial score (nSPS) is 11.7. The molecule has 0 aliphatic carbocycles. The largest absolute Gasteiger partial charge is 0.497 e. The molecule has 0 amide bonds. The van der Waals surface area contributed by atoms with Crippen LogP contribution in [0.15, 0.2) is 48.7 Å². The van der Waals surface area contributed by atoms with Gasteiger partial charge in [0.15, 0.2) is 0 Å². The number of rotatable bonds is 4. The van der Waals surface area contributed by atoms with Gasteiger partial charge in [0.2, 0.25) is 0 Å². The third-order valence-electron chi connectivity index (χ3n) is 4.49. The van der Waals surface area contributed by atoms with Crippen molar-refractivity contribution >= 4 is 16.9 Å². The Balaban J connectivity index is 2.02. The van der Waals surface area contributed by atoms with Gasteiger partial charge in [0, 0.05) is 24.2 Å². The minimum Gasteiger partial charge on any atom is -0.497 e. The molecule has 0 aliphatic heterocycles. The number of hydrogen-bond donors (Lipinski definition) is 1. The number of hydrogen-bond acceptors (Lipinski definition) is 2. The molecule has 2 aromatic carbocycles. The van der Waals surface area contributed by atoms with Crippen molar-refractivity contribution < 1.29 is 14.6 Å². The molecule has 0 saturated carbocycles. The zero-order valence-electron chi connectivity index (χ0n) is 15.0. The van der Waals surface area contributed by atoms with Gasteiger partial charge in [-0.3, -0.25) is 0 Å². The highest BCUT2D eigenvalue weighted by molar-refractivity contribution is 6.03. The average Bonchev–Trinajstić information content (AvgIpc) is 2.92. The Bertz CT molecular complexity index is 915. The van der Waals surface area contributed by atoms with Crippen LogP contribution in [0, 0.1) is 0 Å². The average molecular weight is 337 g/mol. The third-order valence-corrected chi connectivity index (χ3v) is 4.49. The Labute approximate surface area is 147 Å². The number of carboxylic acids is 1. The Morgan fingerprint density at radius 3 is 2.36 bits per heavy atom. The number of ether oxygens (including phenoxy) is 1. The Morgan fingerprint density at radius 1 is 1.12 bits per heavy atom. The SMILES string of the molecule is COc1ccc2c(C(=O)O)cn(Cc3ccc(C(C)(C)C)cc3)c2c1. The van der Waals surface area contributed by atoms with E-state index >= 15 is 0 Å². The first kappa shape index (κ1) is 17.1. The van der Waals surface area contributed by atoms with Crippen LogP contribution >= 0.6 is 0 Å². The summed E-state index contributed by atoms with van der Waals surface area (Å²) in [7, 11) is 1.61. The minimum absolute atomic E-state index is 0.114. The number of carboxylic acid groups (broad SMARTS) is 1. The van der Waals surface area contributed by atoms with Crippen molar-refractivity contribution in [2.45, 2.75) is 32.7 Å². The standard InChI is InChI=1S/C21H23NO3/c1-21(2,3)15-7-5-14(6-8-15)12-22-13-18(20(23)24)17-10-9-16(25-4)11-19(17)22/h5-11,13H,12H2,1-4H3,(H,23,24). The van der Waals surface area contributed by atoms with E-state index in [9.17, 15) is 9.90 Å². The highest BCUT2D eigenvalue weighted by Gasteiger charge is 2.16. The van der Waals surface area contributed by atoms with Gasteiger partial charge in [-0.1, -0.05) is 45.0 Å². The number of nitrogens with zero attached hydrogens (tertiary/aromatic N) is 1. The second-order valence-electron chi connectivity index (χ2n) is 7.31. The van der Waals surface area contributed by atoms with E-state index in [1.54, 1.807) is 25.4 Å². The van der Waals surface area contributed by atoms with E-state index in [0.717, 1.165) is 16.5 Å². The second-order valence-corrected chi connectivity index (χ2v) is 7.31. The van der Waals surface area contributed by atoms with Gasteiger partial charge in [-0.2, -0.15) is 0 Å². The Hall–Kier alpha value is -2.75. The summed E-state index contributed by atoms with van der Waals surface area (Å²) in [4.78, 5) is 11.5. The van der Waals surface area contributed by atoms with Crippen LogP contribution in [-0.2, 0) is 12.0 Å². The number of benzene rings is 2. The van der Waals surface area contributed by atoms with E-state index < -0.39 is 5.97 Å². The molecule has 4 heteroatoms. The van der Waals surface area contributed by atoms with Gasteiger partial charge < -0.3 is 14.4 Å². The van der Waals surface area contributed by atoms with Crippen molar-refractivity contribution in [3.8, 4) is 5.75 Å². The summed E-state index contributed by atoms with van der Waals surface area (Å²) in [6.45, 7) is 7.17. The summed E-state index contributed by atoms with van der Waals surface area (Å²) in [5.74, 6) is -0.205. The maximum absolute atomic E-state index is 11.5. The third kappa shape index (κ3) is 3.38. The number of aromatic carboxylic acids is 1. The van der Waals surface area contributed by atoms with Gasteiger partial charge in [0.05, 0.1) is 18.2 Å². The first-order valence-electron chi connectivity index (χ1n) is 8.29. The van der Waals surface area contributed by atoms with Crippen molar-refractivity contribution in [3.05, 3.63) is 65.4 Å². The fourth-order valence-corrected chi connectivity index (χ4v) is 3.01. The van der Waals surface area contributed by atoms with E-state index in [4.69, 9.17) is 4.74 Å². The lowest BCUT2D eigenvalue weighted by molar-refractivity contribution is 0.0699. The zero-order chi connectivity index (χ0) is 18.2. The van der Waals surface area contributed by atoms with Crippen LogP contribution in [-0.4, -0.2) is 22.8 Å². The maximum atomic E-state index is 11.5. The monoisotopic (exact) mass is 337 g/mol. The lowest BCUT2D eigenvalue weighted by Crippen LogP contribution is -2.11. The second kappa shape index (κ2) is 6.28. The van der Waals surface area contributed by atoms with Crippen LogP contribution in [0.3, 0.4) is 0 Å². The smallest absolute Gasteiger partial charge is 0.337 e. The maximum Gasteiger partial charge on any atom is 0.337 e. The van der Waals surface area contributed by atoms with Crippen molar-refractivity contribution in [1.29, 1.82) is 0 Å². The lowest BCUT2D eigenvalue weighted by Gasteiger charge is -2.19. The molecular formula is C21H23NO3. The minimum atomic E-state index is -0.919. The van der Waals surface area contributed by atoms with Gasteiger partial charge >= 0.3 is 5.97 Å². The van der Waals surface area contributed by atoms with Crippen molar-refractivity contribution in [1.82, 2.24) is 4.57 Å². The summed E-state index contributed by atoms with van der Waals surface area (Å²) in [5, 5.41) is 10.2. The molecule has 0 saturated heterocycles. The fraction of sp³-hybridized carbons (Fsp3) is 0.286. The molecule has 130 valence electrons. The van der Waals surface area contributed by atoms with Crippen molar-refractivity contribution in [3.63, 3.8) is 0 Å². The van der Waals surface area contributed by atoms with Crippen molar-refractivity contribution in [2.24, 2.45) is 0 Å². The Kier molecular flexibility index (Phi) is 4.29. The summed E-state index contributed by atoms with van der Waals surface area (Å²) in [6, 6.07) is 14.0. The quantitative estimate of drug-likeness (QED) is 0.751. The summed E-state index contributed by atoms with van der Waals surface area (Å²) in [6.07, 6.45) is 1.70. The van der Waals surface area contributed by atoms with Gasteiger partial charge in [-0.05, 0) is 28.7 Å². The molecule has 3 aromatic rings. The number of methoxy groups -OCH3 is 1. The molecule has 1 aromatic heterocycles. The number of aromatic nitrogens is 1. The first-order valence-corrected chi connectivity index (χ1v) is 8.29. The van der Waals surface area contributed by atoms with E-state index in [1.807, 2.05) is 10.6 Å². The van der Waals surface area contributed by atoms with Gasteiger partial charge in [-0.25, -0.2) is 4.79 Å². The van der Waals surface area contributed by atoms with Crippen LogP contribution in [0.1, 0.15) is 42.3 Å². The zero-order valence-corrected chi connectivity index (χ0v) is 15.0. The van der Waals surface area contributed by atoms with Gasteiger partial charge in [0.1, 0.15) is 5.75 Å². The summed E-state index contributed by atoms with van der Waals surface area (Å²) in [5.41, 5.74) is 3.69. The molecule has 0 atom stereocenters. The molecule has 0 aliphatic rings. The topological polar surface area (TPSA) is 51.5 Å². The predicted molar refractivity (Wildman–Crippen MR) is 99.7 cm³/mol. The molecule has 25 heavy (non-hydrogen) atoms. The molecule has 1 N–H and O–H groups in total. The van der Waals surface area contributed by atoms with Crippen LogP contribution in [0.4, 0.5) is 0 Å². The van der Waals surface area contributed by atoms with E-state index in [1.165, 1.54) is 5.56 Å². The van der Waals surface area contributed by atoms with Crippen LogP contribution in [0.5, 0.6) is 5.75 Å². The summed E-state index contributed by atoms with van der Waals surface area (Å²) < 4.78 is 7.26. The molecular weight excluding hydrogens is 314 g/mol. The Morgan fingerprint density at radius 2 is 1.80 bits per heavy atom. The number of carbonyl (C=O) groups is 1. The number of fused-ring (bicyclic) bond motifs is 1. The molecule has 1 heterocycles. The van der Waals surface area contributed by atoms with Crippen molar-refractivity contribution in [2.75, 3.05) is 7.11 Å².